The average Bonchev–Trinajstić information content (AvgIpc) is 2.96. The molecule has 0 radical (unpaired) electrons. The van der Waals surface area contributed by atoms with Gasteiger partial charge in [0, 0.05) is 25.7 Å². The van der Waals surface area contributed by atoms with Crippen LogP contribution in [-0.4, -0.2) is 93.1 Å². The first-order chi connectivity index (χ1) is 14.4. The summed E-state index contributed by atoms with van der Waals surface area (Å²) in [6, 6.07) is -1.53. The molecule has 8 nitrogen and oxygen atoms in total. The minimum Gasteiger partial charge on any atom is -0.394 e. The van der Waals surface area contributed by atoms with E-state index in [1.54, 1.807) is 23.8 Å². The van der Waals surface area contributed by atoms with E-state index < -0.39 is 40.7 Å². The number of ether oxygens (including phenoxy) is 1. The van der Waals surface area contributed by atoms with Gasteiger partial charge in [0.15, 0.2) is 0 Å². The van der Waals surface area contributed by atoms with Crippen molar-refractivity contribution in [1.82, 2.24) is 14.7 Å². The fraction of sp³-hybridized carbons (Fsp3) is 0.696. The van der Waals surface area contributed by atoms with Gasteiger partial charge < -0.3 is 24.5 Å². The Morgan fingerprint density at radius 2 is 1.74 bits per heavy atom. The van der Waals surface area contributed by atoms with Gasteiger partial charge in [-0.15, -0.1) is 0 Å². The molecule has 0 saturated carbocycles. The highest BCUT2D eigenvalue weighted by molar-refractivity contribution is 6.00. The molecule has 4 rings (SSSR count). The summed E-state index contributed by atoms with van der Waals surface area (Å²) in [5.41, 5.74) is -2.74. The lowest BCUT2D eigenvalue weighted by atomic mass is 9.74. The van der Waals surface area contributed by atoms with Gasteiger partial charge in [0.25, 0.3) is 0 Å². The zero-order valence-corrected chi connectivity index (χ0v) is 19.2. The van der Waals surface area contributed by atoms with Crippen LogP contribution < -0.4 is 0 Å². The molecule has 2 saturated heterocycles. The second-order valence-electron chi connectivity index (χ2n) is 10.4. The van der Waals surface area contributed by atoms with Crippen molar-refractivity contribution < 1.29 is 24.2 Å². The minimum atomic E-state index is -1.27. The predicted molar refractivity (Wildman–Crippen MR) is 114 cm³/mol. The summed E-state index contributed by atoms with van der Waals surface area (Å²) in [5.74, 6) is -2.29. The lowest BCUT2D eigenvalue weighted by Gasteiger charge is -2.42. The van der Waals surface area contributed by atoms with Crippen molar-refractivity contribution in [3.05, 3.63) is 24.3 Å². The number of aliphatic hydroxyl groups is 1. The number of carbonyl (C=O) groups is 3. The van der Waals surface area contributed by atoms with Crippen LogP contribution in [0.2, 0.25) is 0 Å². The van der Waals surface area contributed by atoms with Crippen molar-refractivity contribution >= 4 is 17.7 Å². The molecule has 4 aliphatic rings. The summed E-state index contributed by atoms with van der Waals surface area (Å²) in [7, 11) is 1.71. The standard InChI is InChI=1S/C23H33N3O5/c1-14(13-27)26-17-20(30)25(21(2,3)4)12-8-10-23(17)16(19(26)29)15-18(28)24(6)11-7-9-22(15,5)31-23/h7-10,14-17,27H,11-13H2,1-6H3/t14-,15-,16+,17?,22+,23+/m1/s1. The third-order valence-electron chi connectivity index (χ3n) is 7.25. The van der Waals surface area contributed by atoms with Gasteiger partial charge in [0.05, 0.1) is 30.1 Å². The van der Waals surface area contributed by atoms with Crippen LogP contribution in [0.25, 0.3) is 0 Å². The third-order valence-corrected chi connectivity index (χ3v) is 7.25. The second kappa shape index (κ2) is 6.90. The smallest absolute Gasteiger partial charge is 0.249 e. The molecule has 3 amide bonds. The van der Waals surface area contributed by atoms with Crippen molar-refractivity contribution in [1.29, 1.82) is 0 Å². The van der Waals surface area contributed by atoms with Crippen LogP contribution in [-0.2, 0) is 19.1 Å². The molecule has 0 aliphatic carbocycles. The molecule has 31 heavy (non-hydrogen) atoms. The quantitative estimate of drug-likeness (QED) is 0.646. The summed E-state index contributed by atoms with van der Waals surface area (Å²) in [4.78, 5) is 46.0. The lowest BCUT2D eigenvalue weighted by Crippen LogP contribution is -2.60. The Labute approximate surface area is 183 Å². The van der Waals surface area contributed by atoms with Gasteiger partial charge in [-0.3, -0.25) is 14.4 Å². The summed E-state index contributed by atoms with van der Waals surface area (Å²) in [6.45, 7) is 9.94. The molecule has 170 valence electrons. The van der Waals surface area contributed by atoms with Gasteiger partial charge in [0.2, 0.25) is 17.7 Å². The van der Waals surface area contributed by atoms with Gasteiger partial charge in [0.1, 0.15) is 11.6 Å². The molecule has 8 heteroatoms. The van der Waals surface area contributed by atoms with Gasteiger partial charge in [-0.25, -0.2) is 0 Å². The topological polar surface area (TPSA) is 90.4 Å². The molecular weight excluding hydrogens is 398 g/mol. The van der Waals surface area contributed by atoms with Crippen LogP contribution in [0.3, 0.4) is 0 Å². The van der Waals surface area contributed by atoms with Crippen LogP contribution >= 0.6 is 0 Å². The number of fused-ring (bicyclic) bond motifs is 2. The largest absolute Gasteiger partial charge is 0.394 e. The molecule has 2 fully saturated rings. The fourth-order valence-electron chi connectivity index (χ4n) is 5.75. The number of hydrogen-bond donors (Lipinski definition) is 1. The highest BCUT2D eigenvalue weighted by Crippen LogP contribution is 2.57. The molecule has 1 N–H and O–H groups in total. The Hall–Kier alpha value is -2.19. The van der Waals surface area contributed by atoms with Crippen LogP contribution in [0.5, 0.6) is 0 Å². The van der Waals surface area contributed by atoms with Crippen molar-refractivity contribution in [2.45, 2.75) is 63.4 Å². The maximum absolute atomic E-state index is 13.9. The molecule has 4 aliphatic heterocycles. The van der Waals surface area contributed by atoms with E-state index in [1.165, 1.54) is 4.90 Å². The maximum atomic E-state index is 13.9. The highest BCUT2D eigenvalue weighted by Gasteiger charge is 2.75. The average molecular weight is 432 g/mol. The van der Waals surface area contributed by atoms with E-state index in [0.29, 0.717) is 13.1 Å². The Kier molecular flexibility index (Phi) is 4.90. The van der Waals surface area contributed by atoms with Crippen LogP contribution in [0.1, 0.15) is 34.6 Å². The first-order valence-electron chi connectivity index (χ1n) is 10.9. The molecule has 1 unspecified atom stereocenters. The zero-order chi connectivity index (χ0) is 22.9. The van der Waals surface area contributed by atoms with Gasteiger partial charge in [-0.1, -0.05) is 24.3 Å². The molecule has 0 aromatic rings. The number of aliphatic hydroxyl groups excluding tert-OH is 1. The fourth-order valence-corrected chi connectivity index (χ4v) is 5.75. The highest BCUT2D eigenvalue weighted by atomic mass is 16.5. The number of rotatable bonds is 2. The molecular formula is C23H33N3O5. The van der Waals surface area contributed by atoms with E-state index in [1.807, 2.05) is 52.0 Å². The minimum absolute atomic E-state index is 0.169. The molecule has 0 aromatic heterocycles. The number of likely N-dealkylation sites (N-methyl/N-ethyl adjacent to an activating group) is 1. The van der Waals surface area contributed by atoms with E-state index in [0.717, 1.165) is 0 Å². The Morgan fingerprint density at radius 3 is 2.35 bits per heavy atom. The monoisotopic (exact) mass is 431 g/mol. The normalized spacial score (nSPS) is 38.7. The van der Waals surface area contributed by atoms with Crippen LogP contribution in [0.15, 0.2) is 24.3 Å². The van der Waals surface area contributed by atoms with E-state index >= 15 is 0 Å². The molecule has 0 aromatic carbocycles. The second-order valence-corrected chi connectivity index (χ2v) is 10.4. The maximum Gasteiger partial charge on any atom is 0.249 e. The Balaban J connectivity index is 1.93. The van der Waals surface area contributed by atoms with Crippen LogP contribution in [0, 0.1) is 11.8 Å². The van der Waals surface area contributed by atoms with Crippen LogP contribution in [0.4, 0.5) is 0 Å². The van der Waals surface area contributed by atoms with Crippen molar-refractivity contribution in [3.63, 3.8) is 0 Å². The zero-order valence-electron chi connectivity index (χ0n) is 19.2. The molecule has 1 spiro atoms. The molecule has 0 bridgehead atoms. The Morgan fingerprint density at radius 1 is 1.10 bits per heavy atom. The molecule has 4 heterocycles. The van der Waals surface area contributed by atoms with E-state index in [-0.39, 0.29) is 24.3 Å². The van der Waals surface area contributed by atoms with Gasteiger partial charge in [-0.2, -0.15) is 0 Å². The van der Waals surface area contributed by atoms with E-state index in [9.17, 15) is 19.5 Å². The molecule has 6 atom stereocenters. The van der Waals surface area contributed by atoms with Crippen molar-refractivity contribution in [2.24, 2.45) is 11.8 Å². The number of amides is 3. The first-order valence-corrected chi connectivity index (χ1v) is 10.9. The summed E-state index contributed by atoms with van der Waals surface area (Å²) in [6.07, 6.45) is 7.45. The third kappa shape index (κ3) is 2.91. The number of carbonyl (C=O) groups excluding carboxylic acids is 3. The Bertz CT molecular complexity index is 877. The summed E-state index contributed by atoms with van der Waals surface area (Å²) >= 11 is 0. The SMILES string of the molecule is C[C@H](CO)N1C(=O)[C@@H]2[C@@H]3C(=O)N(C)CC=C[C@]3(C)O[C@@]23C=CCN(C(C)(C)C)C(=O)C13. The first kappa shape index (κ1) is 22.0. The number of hydrogen-bond acceptors (Lipinski definition) is 5. The number of likely N-dealkylation sites (tertiary alicyclic amines) is 1. The van der Waals surface area contributed by atoms with Gasteiger partial charge in [-0.05, 0) is 34.6 Å². The summed E-state index contributed by atoms with van der Waals surface area (Å²) in [5, 5.41) is 9.90. The predicted octanol–water partition coefficient (Wildman–Crippen LogP) is 0.563. The van der Waals surface area contributed by atoms with Gasteiger partial charge >= 0.3 is 0 Å². The van der Waals surface area contributed by atoms with Crippen molar-refractivity contribution in [3.8, 4) is 0 Å². The summed E-state index contributed by atoms with van der Waals surface area (Å²) < 4.78 is 6.66. The van der Waals surface area contributed by atoms with Crippen molar-refractivity contribution in [2.75, 3.05) is 26.7 Å². The van der Waals surface area contributed by atoms with E-state index in [2.05, 4.69) is 0 Å². The lowest BCUT2D eigenvalue weighted by molar-refractivity contribution is -0.157. The number of nitrogens with zero attached hydrogens (tertiary/aromatic N) is 3. The van der Waals surface area contributed by atoms with E-state index in [4.69, 9.17) is 4.74 Å².